The fourth-order valence-electron chi connectivity index (χ4n) is 3.22. The largest absolute Gasteiger partial charge is 0.461 e. The SMILES string of the molecule is O=C(CCc1nc(-c2ccco2)no1)NCCc1nnc2n1CCCCC2. The highest BCUT2D eigenvalue weighted by Gasteiger charge is 2.15. The molecule has 0 radical (unpaired) electrons. The average Bonchev–Trinajstić information content (AvgIpc) is 3.39. The van der Waals surface area contributed by atoms with Crippen molar-refractivity contribution in [2.24, 2.45) is 0 Å². The Bertz CT molecular complexity index is 883. The van der Waals surface area contributed by atoms with Gasteiger partial charge in [0.15, 0.2) is 5.76 Å². The van der Waals surface area contributed by atoms with Gasteiger partial charge in [-0.3, -0.25) is 4.79 Å². The van der Waals surface area contributed by atoms with E-state index in [9.17, 15) is 4.79 Å². The van der Waals surface area contributed by atoms with Gasteiger partial charge in [-0.2, -0.15) is 4.98 Å². The first kappa shape index (κ1) is 17.4. The van der Waals surface area contributed by atoms with E-state index in [1.807, 2.05) is 0 Å². The Hall–Kier alpha value is -2.97. The number of fused-ring (bicyclic) bond motifs is 1. The van der Waals surface area contributed by atoms with E-state index >= 15 is 0 Å². The maximum atomic E-state index is 12.1. The molecule has 9 nitrogen and oxygen atoms in total. The molecule has 1 amide bonds. The third-order valence-corrected chi connectivity index (χ3v) is 4.63. The summed E-state index contributed by atoms with van der Waals surface area (Å²) >= 11 is 0. The number of rotatable bonds is 7. The van der Waals surface area contributed by atoms with Crippen molar-refractivity contribution in [1.29, 1.82) is 0 Å². The van der Waals surface area contributed by atoms with E-state index in [2.05, 4.69) is 30.2 Å². The maximum Gasteiger partial charge on any atom is 0.238 e. The van der Waals surface area contributed by atoms with Gasteiger partial charge in [-0.25, -0.2) is 0 Å². The van der Waals surface area contributed by atoms with Gasteiger partial charge in [0, 0.05) is 38.8 Å². The van der Waals surface area contributed by atoms with Crippen molar-refractivity contribution in [2.75, 3.05) is 6.54 Å². The smallest absolute Gasteiger partial charge is 0.238 e. The summed E-state index contributed by atoms with van der Waals surface area (Å²) < 4.78 is 12.6. The highest BCUT2D eigenvalue weighted by atomic mass is 16.5. The molecular formula is C18H22N6O3. The number of aromatic nitrogens is 5. The van der Waals surface area contributed by atoms with Crippen molar-refractivity contribution in [3.63, 3.8) is 0 Å². The van der Waals surface area contributed by atoms with Crippen LogP contribution in [-0.4, -0.2) is 37.4 Å². The Labute approximate surface area is 156 Å². The minimum Gasteiger partial charge on any atom is -0.461 e. The van der Waals surface area contributed by atoms with Crippen molar-refractivity contribution in [2.45, 2.75) is 51.5 Å². The molecule has 4 heterocycles. The summed E-state index contributed by atoms with van der Waals surface area (Å²) in [4.78, 5) is 16.3. The number of furan rings is 1. The second-order valence-corrected chi connectivity index (χ2v) is 6.58. The molecule has 1 aliphatic heterocycles. The van der Waals surface area contributed by atoms with Gasteiger partial charge < -0.3 is 18.8 Å². The molecule has 4 rings (SSSR count). The van der Waals surface area contributed by atoms with Gasteiger partial charge in [-0.05, 0) is 25.0 Å². The van der Waals surface area contributed by atoms with E-state index in [0.29, 0.717) is 36.9 Å². The molecule has 0 unspecified atom stereocenters. The van der Waals surface area contributed by atoms with Gasteiger partial charge in [0.1, 0.15) is 11.6 Å². The van der Waals surface area contributed by atoms with Gasteiger partial charge in [-0.1, -0.05) is 11.6 Å². The van der Waals surface area contributed by atoms with E-state index in [1.54, 1.807) is 18.4 Å². The van der Waals surface area contributed by atoms with E-state index < -0.39 is 0 Å². The third kappa shape index (κ3) is 4.24. The van der Waals surface area contributed by atoms with Gasteiger partial charge in [0.05, 0.1) is 6.26 Å². The lowest BCUT2D eigenvalue weighted by molar-refractivity contribution is -0.121. The Morgan fingerprint density at radius 3 is 3.07 bits per heavy atom. The molecule has 0 aliphatic carbocycles. The second-order valence-electron chi connectivity index (χ2n) is 6.58. The summed E-state index contributed by atoms with van der Waals surface area (Å²) in [5.74, 6) is 3.32. The van der Waals surface area contributed by atoms with Crippen LogP contribution in [0.5, 0.6) is 0 Å². The molecule has 0 saturated carbocycles. The third-order valence-electron chi connectivity index (χ3n) is 4.63. The Morgan fingerprint density at radius 1 is 1.22 bits per heavy atom. The van der Waals surface area contributed by atoms with E-state index in [4.69, 9.17) is 8.94 Å². The maximum absolute atomic E-state index is 12.1. The normalized spacial score (nSPS) is 13.9. The average molecular weight is 370 g/mol. The van der Waals surface area contributed by atoms with Crippen molar-refractivity contribution in [3.05, 3.63) is 35.9 Å². The van der Waals surface area contributed by atoms with Crippen molar-refractivity contribution < 1.29 is 13.7 Å². The number of nitrogens with one attached hydrogen (secondary N) is 1. The Balaban J connectivity index is 1.22. The molecule has 0 aromatic carbocycles. The molecule has 3 aromatic heterocycles. The molecule has 1 N–H and O–H groups in total. The van der Waals surface area contributed by atoms with E-state index in [-0.39, 0.29) is 12.3 Å². The Morgan fingerprint density at radius 2 is 2.19 bits per heavy atom. The molecular weight excluding hydrogens is 348 g/mol. The lowest BCUT2D eigenvalue weighted by Gasteiger charge is -2.07. The number of hydrogen-bond donors (Lipinski definition) is 1. The van der Waals surface area contributed by atoms with Crippen LogP contribution < -0.4 is 5.32 Å². The van der Waals surface area contributed by atoms with Crippen molar-refractivity contribution in [3.8, 4) is 11.6 Å². The van der Waals surface area contributed by atoms with Crippen LogP contribution in [0.2, 0.25) is 0 Å². The molecule has 0 bridgehead atoms. The highest BCUT2D eigenvalue weighted by molar-refractivity contribution is 5.76. The topological polar surface area (TPSA) is 112 Å². The molecule has 27 heavy (non-hydrogen) atoms. The van der Waals surface area contributed by atoms with Gasteiger partial charge in [0.2, 0.25) is 17.6 Å². The minimum atomic E-state index is -0.0525. The van der Waals surface area contributed by atoms with Crippen molar-refractivity contribution >= 4 is 5.91 Å². The number of nitrogens with zero attached hydrogens (tertiary/aromatic N) is 5. The number of carbonyl (C=O) groups is 1. The highest BCUT2D eigenvalue weighted by Crippen LogP contribution is 2.16. The van der Waals surface area contributed by atoms with Crippen LogP contribution in [0.25, 0.3) is 11.6 Å². The summed E-state index contributed by atoms with van der Waals surface area (Å²) in [7, 11) is 0. The zero-order valence-corrected chi connectivity index (χ0v) is 15.1. The zero-order valence-electron chi connectivity index (χ0n) is 15.1. The Kier molecular flexibility index (Phi) is 5.27. The summed E-state index contributed by atoms with van der Waals surface area (Å²) in [5, 5.41) is 15.3. The fourth-order valence-corrected chi connectivity index (χ4v) is 3.22. The fraction of sp³-hybridized carbons (Fsp3) is 0.500. The second kappa shape index (κ2) is 8.15. The van der Waals surface area contributed by atoms with Crippen LogP contribution in [0.3, 0.4) is 0 Å². The standard InChI is InChI=1S/C18H22N6O3/c25-16(7-8-17-20-18(23-27-17)13-5-4-12-26-13)19-10-9-15-22-21-14-6-2-1-3-11-24(14)15/h4-5,12H,1-3,6-11H2,(H,19,25). The molecule has 3 aromatic rings. The van der Waals surface area contributed by atoms with Crippen LogP contribution in [0, 0.1) is 0 Å². The number of amides is 1. The molecule has 9 heteroatoms. The van der Waals surface area contributed by atoms with Crippen molar-refractivity contribution in [1.82, 2.24) is 30.2 Å². The van der Waals surface area contributed by atoms with E-state index in [0.717, 1.165) is 31.0 Å². The molecule has 0 fully saturated rings. The number of hydrogen-bond acceptors (Lipinski definition) is 7. The first-order valence-corrected chi connectivity index (χ1v) is 9.34. The monoisotopic (exact) mass is 370 g/mol. The minimum absolute atomic E-state index is 0.0525. The first-order valence-electron chi connectivity index (χ1n) is 9.34. The van der Waals surface area contributed by atoms with Gasteiger partial charge in [-0.15, -0.1) is 10.2 Å². The summed E-state index contributed by atoms with van der Waals surface area (Å²) in [6.07, 6.45) is 7.47. The van der Waals surface area contributed by atoms with Crippen LogP contribution in [-0.2, 0) is 30.6 Å². The predicted molar refractivity (Wildman–Crippen MR) is 94.6 cm³/mol. The molecule has 142 valence electrons. The summed E-state index contributed by atoms with van der Waals surface area (Å²) in [5.41, 5.74) is 0. The van der Waals surface area contributed by atoms with Gasteiger partial charge in [0.25, 0.3) is 0 Å². The number of aryl methyl sites for hydroxylation is 2. The van der Waals surface area contributed by atoms with Gasteiger partial charge >= 0.3 is 0 Å². The predicted octanol–water partition coefficient (Wildman–Crippen LogP) is 1.94. The first-order chi connectivity index (χ1) is 13.3. The molecule has 0 saturated heterocycles. The molecule has 0 spiro atoms. The van der Waals surface area contributed by atoms with Crippen LogP contribution in [0.15, 0.2) is 27.3 Å². The quantitative estimate of drug-likeness (QED) is 0.676. The zero-order chi connectivity index (χ0) is 18.5. The number of carbonyl (C=O) groups excluding carboxylic acids is 1. The molecule has 0 atom stereocenters. The summed E-state index contributed by atoms with van der Waals surface area (Å²) in [6.45, 7) is 1.51. The molecule has 1 aliphatic rings. The lowest BCUT2D eigenvalue weighted by atomic mass is 10.2. The summed E-state index contributed by atoms with van der Waals surface area (Å²) in [6, 6.07) is 3.51. The van der Waals surface area contributed by atoms with E-state index in [1.165, 1.54) is 12.8 Å². The van der Waals surface area contributed by atoms with Crippen LogP contribution in [0.1, 0.15) is 43.2 Å². The lowest BCUT2D eigenvalue weighted by Crippen LogP contribution is -2.26. The van der Waals surface area contributed by atoms with Crippen LogP contribution in [0.4, 0.5) is 0 Å². The van der Waals surface area contributed by atoms with Crippen LogP contribution >= 0.6 is 0 Å².